The predicted molar refractivity (Wildman–Crippen MR) is 92.0 cm³/mol. The molecule has 2 saturated carbocycles. The lowest BCUT2D eigenvalue weighted by Gasteiger charge is -2.18. The molecule has 1 amide bonds. The van der Waals surface area contributed by atoms with Gasteiger partial charge in [-0.05, 0) is 50.5 Å². The number of carbonyl (C=O) groups is 1. The fourth-order valence-electron chi connectivity index (χ4n) is 4.79. The minimum atomic E-state index is 0.190. The van der Waals surface area contributed by atoms with Gasteiger partial charge in [0.05, 0.1) is 16.6 Å². The van der Waals surface area contributed by atoms with Crippen LogP contribution in [0.2, 0.25) is 0 Å². The molecular formula is C19H24N4O. The second-order valence-corrected chi connectivity index (χ2v) is 7.94. The third-order valence-corrected chi connectivity index (χ3v) is 6.23. The van der Waals surface area contributed by atoms with Crippen molar-refractivity contribution in [1.82, 2.24) is 19.7 Å². The molecule has 3 heterocycles. The van der Waals surface area contributed by atoms with E-state index in [-0.39, 0.29) is 5.91 Å². The Kier molecular flexibility index (Phi) is 3.03. The highest BCUT2D eigenvalue weighted by molar-refractivity contribution is 6.06. The zero-order valence-corrected chi connectivity index (χ0v) is 14.5. The van der Waals surface area contributed by atoms with E-state index in [1.165, 1.54) is 32.1 Å². The Morgan fingerprint density at radius 2 is 1.88 bits per heavy atom. The average Bonchev–Trinajstić information content (AvgIpc) is 3.09. The summed E-state index contributed by atoms with van der Waals surface area (Å²) in [7, 11) is 1.92. The van der Waals surface area contributed by atoms with Gasteiger partial charge in [-0.3, -0.25) is 9.48 Å². The number of carbonyl (C=O) groups excluding carboxylic acids is 1. The fraction of sp³-hybridized carbons (Fsp3) is 0.632. The highest BCUT2D eigenvalue weighted by Gasteiger charge is 2.39. The standard InChI is InChI=1S/C19H24N4O/c1-11-17-15(19(24)23-9-13-4-3-5-14(13)10-23)8-16(12-6-7-12)20-18(17)22(2)21-11/h8,12-14H,3-7,9-10H2,1-2H3/t13-,14-/m1/s1. The van der Waals surface area contributed by atoms with Crippen molar-refractivity contribution in [3.05, 3.63) is 23.0 Å². The number of aromatic nitrogens is 3. The van der Waals surface area contributed by atoms with E-state index < -0.39 is 0 Å². The normalized spacial score (nSPS) is 26.3. The van der Waals surface area contributed by atoms with E-state index in [1.54, 1.807) is 0 Å². The molecule has 0 bridgehead atoms. The Labute approximate surface area is 142 Å². The van der Waals surface area contributed by atoms with Crippen LogP contribution in [0.25, 0.3) is 11.0 Å². The van der Waals surface area contributed by atoms with Crippen LogP contribution in [0.15, 0.2) is 6.07 Å². The number of hydrogen-bond donors (Lipinski definition) is 0. The van der Waals surface area contributed by atoms with E-state index in [9.17, 15) is 4.79 Å². The molecule has 2 aromatic rings. The molecule has 0 spiro atoms. The van der Waals surface area contributed by atoms with Crippen molar-refractivity contribution in [3.63, 3.8) is 0 Å². The molecule has 2 aromatic heterocycles. The average molecular weight is 324 g/mol. The molecule has 2 aliphatic carbocycles. The molecule has 3 aliphatic rings. The lowest BCUT2D eigenvalue weighted by molar-refractivity contribution is 0.0782. The van der Waals surface area contributed by atoms with Crippen molar-refractivity contribution >= 4 is 16.9 Å². The molecule has 5 heteroatoms. The van der Waals surface area contributed by atoms with Crippen LogP contribution in [0.3, 0.4) is 0 Å². The summed E-state index contributed by atoms with van der Waals surface area (Å²) >= 11 is 0. The van der Waals surface area contributed by atoms with Crippen LogP contribution in [0.4, 0.5) is 0 Å². The summed E-state index contributed by atoms with van der Waals surface area (Å²) in [6.07, 6.45) is 6.30. The van der Waals surface area contributed by atoms with E-state index in [0.717, 1.165) is 52.9 Å². The van der Waals surface area contributed by atoms with Gasteiger partial charge >= 0.3 is 0 Å². The quantitative estimate of drug-likeness (QED) is 0.853. The van der Waals surface area contributed by atoms with E-state index >= 15 is 0 Å². The van der Waals surface area contributed by atoms with Gasteiger partial charge < -0.3 is 4.90 Å². The van der Waals surface area contributed by atoms with E-state index in [0.29, 0.717) is 5.92 Å². The third-order valence-electron chi connectivity index (χ3n) is 6.23. The van der Waals surface area contributed by atoms with Gasteiger partial charge in [-0.15, -0.1) is 0 Å². The predicted octanol–water partition coefficient (Wildman–Crippen LogP) is 3.03. The van der Waals surface area contributed by atoms with Crippen molar-refractivity contribution < 1.29 is 4.79 Å². The zero-order valence-electron chi connectivity index (χ0n) is 14.5. The van der Waals surface area contributed by atoms with Gasteiger partial charge in [0.15, 0.2) is 5.65 Å². The molecule has 5 rings (SSSR count). The maximum atomic E-state index is 13.3. The van der Waals surface area contributed by atoms with E-state index in [1.807, 2.05) is 18.7 Å². The maximum Gasteiger partial charge on any atom is 0.254 e. The smallest absolute Gasteiger partial charge is 0.254 e. The molecule has 0 aromatic carbocycles. The second-order valence-electron chi connectivity index (χ2n) is 7.94. The van der Waals surface area contributed by atoms with Crippen molar-refractivity contribution in [3.8, 4) is 0 Å². The van der Waals surface area contributed by atoms with Crippen molar-refractivity contribution in [2.75, 3.05) is 13.1 Å². The van der Waals surface area contributed by atoms with Crippen molar-refractivity contribution in [2.45, 2.75) is 44.9 Å². The molecule has 5 nitrogen and oxygen atoms in total. The van der Waals surface area contributed by atoms with E-state index in [2.05, 4.69) is 16.1 Å². The lowest BCUT2D eigenvalue weighted by Crippen LogP contribution is -2.30. The Morgan fingerprint density at radius 3 is 2.54 bits per heavy atom. The van der Waals surface area contributed by atoms with Crippen LogP contribution in [0.5, 0.6) is 0 Å². The maximum absolute atomic E-state index is 13.3. The minimum absolute atomic E-state index is 0.190. The Morgan fingerprint density at radius 1 is 1.17 bits per heavy atom. The summed E-state index contributed by atoms with van der Waals surface area (Å²) in [5.41, 5.74) is 3.67. The molecule has 24 heavy (non-hydrogen) atoms. The lowest BCUT2D eigenvalue weighted by atomic mass is 10.0. The van der Waals surface area contributed by atoms with Crippen LogP contribution < -0.4 is 0 Å². The summed E-state index contributed by atoms with van der Waals surface area (Å²) in [4.78, 5) is 20.2. The highest BCUT2D eigenvalue weighted by Crippen LogP contribution is 2.42. The number of likely N-dealkylation sites (tertiary alicyclic amines) is 1. The number of rotatable bonds is 2. The third kappa shape index (κ3) is 2.10. The zero-order chi connectivity index (χ0) is 16.4. The molecule has 0 radical (unpaired) electrons. The molecule has 1 aliphatic heterocycles. The number of fused-ring (bicyclic) bond motifs is 2. The van der Waals surface area contributed by atoms with Crippen LogP contribution >= 0.6 is 0 Å². The Balaban J connectivity index is 1.58. The first kappa shape index (κ1) is 14.4. The number of amides is 1. The van der Waals surface area contributed by atoms with Crippen LogP contribution in [0.1, 0.15) is 59.8 Å². The second kappa shape index (κ2) is 5.04. The summed E-state index contributed by atoms with van der Waals surface area (Å²) in [5, 5.41) is 5.47. The van der Waals surface area contributed by atoms with Gasteiger partial charge in [0.25, 0.3) is 5.91 Å². The monoisotopic (exact) mass is 324 g/mol. The van der Waals surface area contributed by atoms with Gasteiger partial charge in [0, 0.05) is 31.7 Å². The van der Waals surface area contributed by atoms with Crippen LogP contribution in [-0.2, 0) is 7.05 Å². The topological polar surface area (TPSA) is 51.0 Å². The SMILES string of the molecule is Cc1nn(C)c2nc(C3CC3)cc(C(=O)N3C[C@H]4CCC[C@@H]4C3)c12. The molecule has 0 N–H and O–H groups in total. The Hall–Kier alpha value is -1.91. The number of nitrogens with zero attached hydrogens (tertiary/aromatic N) is 4. The van der Waals surface area contributed by atoms with Crippen LogP contribution in [-0.4, -0.2) is 38.7 Å². The first-order chi connectivity index (χ1) is 11.6. The summed E-state index contributed by atoms with van der Waals surface area (Å²) in [5.74, 6) is 2.18. The first-order valence-electron chi connectivity index (χ1n) is 9.25. The van der Waals surface area contributed by atoms with Gasteiger partial charge in [-0.1, -0.05) is 6.42 Å². The molecule has 0 unspecified atom stereocenters. The minimum Gasteiger partial charge on any atom is -0.338 e. The molecule has 126 valence electrons. The first-order valence-corrected chi connectivity index (χ1v) is 9.25. The molecule has 1 saturated heterocycles. The van der Waals surface area contributed by atoms with Gasteiger partial charge in [0.1, 0.15) is 0 Å². The van der Waals surface area contributed by atoms with Crippen LogP contribution in [0, 0.1) is 18.8 Å². The number of hydrogen-bond acceptors (Lipinski definition) is 3. The van der Waals surface area contributed by atoms with Crippen molar-refractivity contribution in [2.24, 2.45) is 18.9 Å². The molecular weight excluding hydrogens is 300 g/mol. The molecule has 2 atom stereocenters. The number of aryl methyl sites for hydroxylation is 2. The van der Waals surface area contributed by atoms with Gasteiger partial charge in [0.2, 0.25) is 0 Å². The highest BCUT2D eigenvalue weighted by atomic mass is 16.2. The molecule has 3 fully saturated rings. The Bertz CT molecular complexity index is 823. The summed E-state index contributed by atoms with van der Waals surface area (Å²) < 4.78 is 1.83. The largest absolute Gasteiger partial charge is 0.338 e. The van der Waals surface area contributed by atoms with Gasteiger partial charge in [-0.25, -0.2) is 4.98 Å². The van der Waals surface area contributed by atoms with Crippen molar-refractivity contribution in [1.29, 1.82) is 0 Å². The fourth-order valence-corrected chi connectivity index (χ4v) is 4.79. The number of pyridine rings is 1. The van der Waals surface area contributed by atoms with Gasteiger partial charge in [-0.2, -0.15) is 5.10 Å². The summed E-state index contributed by atoms with van der Waals surface area (Å²) in [6, 6.07) is 2.06. The summed E-state index contributed by atoms with van der Waals surface area (Å²) in [6.45, 7) is 3.85. The van der Waals surface area contributed by atoms with E-state index in [4.69, 9.17) is 4.98 Å².